The Morgan fingerprint density at radius 1 is 0.944 bits per heavy atom. The van der Waals surface area contributed by atoms with Crippen molar-refractivity contribution < 1.29 is 9.90 Å². The number of ketones is 1. The van der Waals surface area contributed by atoms with Crippen LogP contribution in [0.4, 0.5) is 0 Å². The van der Waals surface area contributed by atoms with Crippen LogP contribution in [0.25, 0.3) is 0 Å². The molecule has 0 atom stereocenters. The largest absolute Gasteiger partial charge is 0.512 e. The standard InChI is InChI=1S/2C8H16O/c2*1-6(2)5-8(9)7(3)4/h6-7H,5H2,1-4H3;5-7,9H,1-4H3/b;8-5+. The molecule has 0 radical (unpaired) electrons. The summed E-state index contributed by atoms with van der Waals surface area (Å²) >= 11 is 0. The second kappa shape index (κ2) is 10.2. The lowest BCUT2D eigenvalue weighted by atomic mass is 9.99. The van der Waals surface area contributed by atoms with E-state index in [0.29, 0.717) is 23.4 Å². The first-order chi connectivity index (χ1) is 8.07. The van der Waals surface area contributed by atoms with Gasteiger partial charge in [-0.25, -0.2) is 0 Å². The molecule has 0 saturated heterocycles. The molecule has 18 heavy (non-hydrogen) atoms. The van der Waals surface area contributed by atoms with Gasteiger partial charge in [-0.15, -0.1) is 0 Å². The van der Waals surface area contributed by atoms with Crippen LogP contribution < -0.4 is 0 Å². The van der Waals surface area contributed by atoms with Crippen molar-refractivity contribution in [2.75, 3.05) is 0 Å². The summed E-state index contributed by atoms with van der Waals surface area (Å²) in [6, 6.07) is 0. The summed E-state index contributed by atoms with van der Waals surface area (Å²) in [6.07, 6.45) is 2.61. The molecule has 0 aromatic heterocycles. The first kappa shape index (κ1) is 19.5. The van der Waals surface area contributed by atoms with Crippen LogP contribution in [0.15, 0.2) is 11.8 Å². The average Bonchev–Trinajstić information content (AvgIpc) is 2.16. The Kier molecular flexibility index (Phi) is 11.0. The highest BCUT2D eigenvalue weighted by molar-refractivity contribution is 5.80. The minimum atomic E-state index is 0.215. The van der Waals surface area contributed by atoms with E-state index in [4.69, 9.17) is 5.11 Å². The average molecular weight is 256 g/mol. The van der Waals surface area contributed by atoms with Gasteiger partial charge in [-0.2, -0.15) is 0 Å². The molecular weight excluding hydrogens is 224 g/mol. The summed E-state index contributed by atoms with van der Waals surface area (Å²) in [6.45, 7) is 16.1. The molecule has 0 unspecified atom stereocenters. The van der Waals surface area contributed by atoms with Gasteiger partial charge in [0.25, 0.3) is 0 Å². The normalized spacial score (nSPS) is 12.1. The molecular formula is C16H32O2. The minimum absolute atomic E-state index is 0.215. The van der Waals surface area contributed by atoms with Crippen molar-refractivity contribution in [3.63, 3.8) is 0 Å². The summed E-state index contributed by atoms with van der Waals surface area (Å²) in [5.41, 5.74) is 0. The number of allylic oxidation sites excluding steroid dienone is 2. The summed E-state index contributed by atoms with van der Waals surface area (Å²) in [4.78, 5) is 11.0. The Labute approximate surface area is 113 Å². The second-order valence-corrected chi connectivity index (χ2v) is 6.21. The van der Waals surface area contributed by atoms with Gasteiger partial charge in [-0.1, -0.05) is 55.4 Å². The number of rotatable bonds is 5. The van der Waals surface area contributed by atoms with E-state index in [1.165, 1.54) is 0 Å². The van der Waals surface area contributed by atoms with E-state index in [0.717, 1.165) is 6.42 Å². The number of aliphatic hydroxyl groups excluding tert-OH is 1. The van der Waals surface area contributed by atoms with Gasteiger partial charge < -0.3 is 5.11 Å². The third kappa shape index (κ3) is 13.3. The molecule has 0 aliphatic carbocycles. The quantitative estimate of drug-likeness (QED) is 0.703. The number of carbonyl (C=O) groups excluding carboxylic acids is 1. The lowest BCUT2D eigenvalue weighted by molar-refractivity contribution is -0.122. The molecule has 0 rings (SSSR count). The molecule has 0 heterocycles. The number of aliphatic hydroxyl groups is 1. The Bertz CT molecular complexity index is 248. The lowest BCUT2D eigenvalue weighted by Gasteiger charge is -2.05. The van der Waals surface area contributed by atoms with Crippen molar-refractivity contribution in [3.05, 3.63) is 11.8 Å². The fraction of sp³-hybridized carbons (Fsp3) is 0.812. The number of Topliss-reactive ketones (excluding diaryl/α,β-unsaturated/α-hetero) is 1. The minimum Gasteiger partial charge on any atom is -0.512 e. The maximum absolute atomic E-state index is 11.0. The molecule has 0 aromatic rings. The van der Waals surface area contributed by atoms with Crippen LogP contribution in [-0.2, 0) is 4.79 Å². The van der Waals surface area contributed by atoms with E-state index in [1.807, 2.05) is 33.8 Å². The molecule has 0 aromatic carbocycles. The monoisotopic (exact) mass is 256 g/mol. The van der Waals surface area contributed by atoms with Gasteiger partial charge in [0.05, 0.1) is 5.76 Å². The molecule has 0 bridgehead atoms. The van der Waals surface area contributed by atoms with Crippen molar-refractivity contribution in [1.29, 1.82) is 0 Å². The molecule has 0 amide bonds. The van der Waals surface area contributed by atoms with E-state index in [-0.39, 0.29) is 11.8 Å². The van der Waals surface area contributed by atoms with Gasteiger partial charge in [0.1, 0.15) is 5.78 Å². The van der Waals surface area contributed by atoms with E-state index in [2.05, 4.69) is 27.7 Å². The van der Waals surface area contributed by atoms with Crippen molar-refractivity contribution >= 4 is 5.78 Å². The molecule has 2 heteroatoms. The number of carbonyl (C=O) groups is 1. The van der Waals surface area contributed by atoms with E-state index in [9.17, 15) is 4.79 Å². The first-order valence-corrected chi connectivity index (χ1v) is 7.01. The molecule has 0 saturated carbocycles. The van der Waals surface area contributed by atoms with Crippen LogP contribution in [0.1, 0.15) is 61.8 Å². The summed E-state index contributed by atoms with van der Waals surface area (Å²) in [5.74, 6) is 2.34. The van der Waals surface area contributed by atoms with Crippen molar-refractivity contribution in [3.8, 4) is 0 Å². The highest BCUT2D eigenvalue weighted by atomic mass is 16.3. The smallest absolute Gasteiger partial charge is 0.135 e. The number of hydrogen-bond acceptors (Lipinski definition) is 2. The van der Waals surface area contributed by atoms with Gasteiger partial charge in [-0.05, 0) is 17.9 Å². The number of hydrogen-bond donors (Lipinski definition) is 1. The van der Waals surface area contributed by atoms with Gasteiger partial charge >= 0.3 is 0 Å². The molecule has 0 spiro atoms. The summed E-state index contributed by atoms with van der Waals surface area (Å²) < 4.78 is 0. The van der Waals surface area contributed by atoms with Gasteiger partial charge in [-0.3, -0.25) is 4.79 Å². The van der Waals surface area contributed by atoms with E-state index in [1.54, 1.807) is 0 Å². The van der Waals surface area contributed by atoms with Crippen LogP contribution >= 0.6 is 0 Å². The molecule has 0 aliphatic heterocycles. The third-order valence-corrected chi connectivity index (χ3v) is 2.35. The van der Waals surface area contributed by atoms with Gasteiger partial charge in [0.15, 0.2) is 0 Å². The van der Waals surface area contributed by atoms with Crippen LogP contribution in [0.5, 0.6) is 0 Å². The van der Waals surface area contributed by atoms with Crippen LogP contribution in [0.3, 0.4) is 0 Å². The van der Waals surface area contributed by atoms with Crippen LogP contribution in [-0.4, -0.2) is 10.9 Å². The molecule has 0 fully saturated rings. The zero-order chi connectivity index (χ0) is 14.9. The van der Waals surface area contributed by atoms with Crippen LogP contribution in [0, 0.1) is 23.7 Å². The zero-order valence-electron chi connectivity index (χ0n) is 13.4. The fourth-order valence-corrected chi connectivity index (χ4v) is 1.17. The highest BCUT2D eigenvalue weighted by Crippen LogP contribution is 2.08. The van der Waals surface area contributed by atoms with E-state index >= 15 is 0 Å². The van der Waals surface area contributed by atoms with Crippen molar-refractivity contribution in [2.45, 2.75) is 61.8 Å². The van der Waals surface area contributed by atoms with Crippen LogP contribution in [0.2, 0.25) is 0 Å². The predicted octanol–water partition coefficient (Wildman–Crippen LogP) is 5.00. The van der Waals surface area contributed by atoms with Gasteiger partial charge in [0.2, 0.25) is 0 Å². The maximum atomic E-state index is 11.0. The fourth-order valence-electron chi connectivity index (χ4n) is 1.17. The molecule has 2 nitrogen and oxygen atoms in total. The van der Waals surface area contributed by atoms with Crippen molar-refractivity contribution in [2.24, 2.45) is 23.7 Å². The molecule has 1 N–H and O–H groups in total. The first-order valence-electron chi connectivity index (χ1n) is 7.01. The SMILES string of the molecule is CC(C)/C=C(/O)C(C)C.CC(C)CC(=O)C(C)C. The summed E-state index contributed by atoms with van der Waals surface area (Å²) in [7, 11) is 0. The topological polar surface area (TPSA) is 37.3 Å². The molecule has 108 valence electrons. The van der Waals surface area contributed by atoms with Gasteiger partial charge in [0, 0.05) is 18.3 Å². The Morgan fingerprint density at radius 2 is 1.39 bits per heavy atom. The lowest BCUT2D eigenvalue weighted by Crippen LogP contribution is -2.09. The highest BCUT2D eigenvalue weighted by Gasteiger charge is 2.07. The maximum Gasteiger partial charge on any atom is 0.135 e. The Balaban J connectivity index is 0. The van der Waals surface area contributed by atoms with Crippen molar-refractivity contribution in [1.82, 2.24) is 0 Å². The summed E-state index contributed by atoms with van der Waals surface area (Å²) in [5, 5.41) is 9.16. The second-order valence-electron chi connectivity index (χ2n) is 6.21. The zero-order valence-corrected chi connectivity index (χ0v) is 13.4. The van der Waals surface area contributed by atoms with E-state index < -0.39 is 0 Å². The third-order valence-electron chi connectivity index (χ3n) is 2.35. The Hall–Kier alpha value is -0.790. The molecule has 0 aliphatic rings. The Morgan fingerprint density at radius 3 is 1.50 bits per heavy atom. The predicted molar refractivity (Wildman–Crippen MR) is 79.7 cm³/mol.